The van der Waals surface area contributed by atoms with Crippen molar-refractivity contribution in [3.8, 4) is 0 Å². The molecule has 6 nitrogen and oxygen atoms in total. The predicted molar refractivity (Wildman–Crippen MR) is 70.0 cm³/mol. The SMILES string of the molecule is Cc1cccc(C)c1NC(=O)Cn1cc(C=O)nn1. The highest BCUT2D eigenvalue weighted by Crippen LogP contribution is 2.19. The first-order valence-electron chi connectivity index (χ1n) is 5.81. The van der Waals surface area contributed by atoms with Crippen molar-refractivity contribution in [2.75, 3.05) is 5.32 Å². The molecule has 1 aromatic heterocycles. The summed E-state index contributed by atoms with van der Waals surface area (Å²) in [5.74, 6) is -0.209. The van der Waals surface area contributed by atoms with Crippen LogP contribution in [0.3, 0.4) is 0 Å². The zero-order valence-electron chi connectivity index (χ0n) is 10.8. The van der Waals surface area contributed by atoms with E-state index in [4.69, 9.17) is 0 Å². The van der Waals surface area contributed by atoms with Crippen molar-refractivity contribution in [1.82, 2.24) is 15.0 Å². The molecule has 0 aliphatic carbocycles. The predicted octanol–water partition coefficient (Wildman–Crippen LogP) is 1.35. The van der Waals surface area contributed by atoms with Crippen LogP contribution in [0.5, 0.6) is 0 Å². The average molecular weight is 258 g/mol. The van der Waals surface area contributed by atoms with Gasteiger partial charge in [0.05, 0.1) is 6.20 Å². The number of benzene rings is 1. The van der Waals surface area contributed by atoms with E-state index in [1.807, 2.05) is 32.0 Å². The van der Waals surface area contributed by atoms with Crippen molar-refractivity contribution in [1.29, 1.82) is 0 Å². The van der Waals surface area contributed by atoms with Crippen LogP contribution in [0, 0.1) is 13.8 Å². The molecule has 98 valence electrons. The van der Waals surface area contributed by atoms with E-state index in [9.17, 15) is 9.59 Å². The third-order valence-electron chi connectivity index (χ3n) is 2.73. The Kier molecular flexibility index (Phi) is 3.70. The van der Waals surface area contributed by atoms with E-state index in [0.29, 0.717) is 6.29 Å². The Morgan fingerprint density at radius 3 is 2.63 bits per heavy atom. The molecule has 0 fully saturated rings. The lowest BCUT2D eigenvalue weighted by molar-refractivity contribution is -0.116. The monoisotopic (exact) mass is 258 g/mol. The number of carbonyl (C=O) groups is 2. The van der Waals surface area contributed by atoms with Crippen LogP contribution in [0.15, 0.2) is 24.4 Å². The molecule has 2 rings (SSSR count). The second-order valence-corrected chi connectivity index (χ2v) is 4.27. The summed E-state index contributed by atoms with van der Waals surface area (Å²) in [5, 5.41) is 10.1. The van der Waals surface area contributed by atoms with Crippen LogP contribution in [0.1, 0.15) is 21.6 Å². The van der Waals surface area contributed by atoms with Crippen molar-refractivity contribution in [2.24, 2.45) is 0 Å². The normalized spacial score (nSPS) is 10.2. The van der Waals surface area contributed by atoms with E-state index in [1.54, 1.807) is 0 Å². The highest BCUT2D eigenvalue weighted by atomic mass is 16.2. The molecule has 0 bridgehead atoms. The third-order valence-corrected chi connectivity index (χ3v) is 2.73. The summed E-state index contributed by atoms with van der Waals surface area (Å²) in [4.78, 5) is 22.4. The first-order valence-corrected chi connectivity index (χ1v) is 5.81. The first-order chi connectivity index (χ1) is 9.10. The number of rotatable bonds is 4. The average Bonchev–Trinajstić information content (AvgIpc) is 2.81. The van der Waals surface area contributed by atoms with Gasteiger partial charge in [-0.15, -0.1) is 5.10 Å². The molecule has 1 N–H and O–H groups in total. The van der Waals surface area contributed by atoms with Gasteiger partial charge in [-0.25, -0.2) is 4.68 Å². The summed E-state index contributed by atoms with van der Waals surface area (Å²) in [6, 6.07) is 5.80. The van der Waals surface area contributed by atoms with E-state index in [0.717, 1.165) is 16.8 Å². The second kappa shape index (κ2) is 5.43. The second-order valence-electron chi connectivity index (χ2n) is 4.27. The Morgan fingerprint density at radius 2 is 2.05 bits per heavy atom. The van der Waals surface area contributed by atoms with Gasteiger partial charge in [-0.05, 0) is 25.0 Å². The standard InChI is InChI=1S/C13H14N4O2/c1-9-4-3-5-10(2)13(9)14-12(19)7-17-6-11(8-18)15-16-17/h3-6,8H,7H2,1-2H3,(H,14,19). The highest BCUT2D eigenvalue weighted by Gasteiger charge is 2.09. The van der Waals surface area contributed by atoms with Gasteiger partial charge < -0.3 is 5.32 Å². The Balaban J connectivity index is 2.07. The van der Waals surface area contributed by atoms with Crippen LogP contribution in [0.25, 0.3) is 0 Å². The molecule has 19 heavy (non-hydrogen) atoms. The van der Waals surface area contributed by atoms with Crippen molar-refractivity contribution >= 4 is 17.9 Å². The molecule has 6 heteroatoms. The summed E-state index contributed by atoms with van der Waals surface area (Å²) in [6.45, 7) is 3.89. The zero-order chi connectivity index (χ0) is 13.8. The highest BCUT2D eigenvalue weighted by molar-refractivity contribution is 5.92. The molecule has 0 aliphatic heterocycles. The lowest BCUT2D eigenvalue weighted by Gasteiger charge is -2.11. The molecular weight excluding hydrogens is 244 g/mol. The first kappa shape index (κ1) is 12.9. The molecule has 0 aliphatic rings. The Labute approximate surface area is 110 Å². The van der Waals surface area contributed by atoms with Crippen molar-refractivity contribution in [2.45, 2.75) is 20.4 Å². The minimum Gasteiger partial charge on any atom is -0.324 e. The number of hydrogen-bond donors (Lipinski definition) is 1. The largest absolute Gasteiger partial charge is 0.324 e. The maximum Gasteiger partial charge on any atom is 0.246 e. The van der Waals surface area contributed by atoms with E-state index >= 15 is 0 Å². The number of anilines is 1. The number of para-hydroxylation sites is 1. The molecule has 1 heterocycles. The molecule has 0 saturated carbocycles. The van der Waals surface area contributed by atoms with Crippen LogP contribution < -0.4 is 5.32 Å². The topological polar surface area (TPSA) is 76.9 Å². The van der Waals surface area contributed by atoms with Gasteiger partial charge in [-0.2, -0.15) is 0 Å². The summed E-state index contributed by atoms with van der Waals surface area (Å²) in [7, 11) is 0. The van der Waals surface area contributed by atoms with Gasteiger partial charge in [0.15, 0.2) is 6.29 Å². The Hall–Kier alpha value is -2.50. The number of aldehydes is 1. The maximum absolute atomic E-state index is 11.9. The van der Waals surface area contributed by atoms with Gasteiger partial charge >= 0.3 is 0 Å². The zero-order valence-corrected chi connectivity index (χ0v) is 10.8. The number of amides is 1. The van der Waals surface area contributed by atoms with Crippen LogP contribution in [-0.2, 0) is 11.3 Å². The maximum atomic E-state index is 11.9. The lowest BCUT2D eigenvalue weighted by Crippen LogP contribution is -2.20. The number of nitrogens with one attached hydrogen (secondary N) is 1. The molecule has 1 amide bonds. The minimum absolute atomic E-state index is 0.0224. The molecule has 0 radical (unpaired) electrons. The summed E-state index contributed by atoms with van der Waals surface area (Å²) < 4.78 is 1.33. The van der Waals surface area contributed by atoms with Crippen molar-refractivity contribution in [3.05, 3.63) is 41.2 Å². The summed E-state index contributed by atoms with van der Waals surface area (Å²) in [6.07, 6.45) is 2.02. The molecule has 0 saturated heterocycles. The molecule has 2 aromatic rings. The summed E-state index contributed by atoms with van der Waals surface area (Å²) in [5.41, 5.74) is 3.02. The molecule has 0 atom stereocenters. The van der Waals surface area contributed by atoms with Gasteiger partial charge in [0.2, 0.25) is 5.91 Å². The van der Waals surface area contributed by atoms with Gasteiger partial charge in [0, 0.05) is 5.69 Å². The minimum atomic E-state index is -0.209. The van der Waals surface area contributed by atoms with E-state index in [1.165, 1.54) is 10.9 Å². The quantitative estimate of drug-likeness (QED) is 0.840. The Bertz CT molecular complexity index is 599. The lowest BCUT2D eigenvalue weighted by atomic mass is 10.1. The smallest absolute Gasteiger partial charge is 0.246 e. The van der Waals surface area contributed by atoms with Gasteiger partial charge in [-0.1, -0.05) is 23.4 Å². The van der Waals surface area contributed by atoms with Gasteiger partial charge in [0.25, 0.3) is 0 Å². The molecule has 0 spiro atoms. The number of aryl methyl sites for hydroxylation is 2. The fourth-order valence-corrected chi connectivity index (χ4v) is 1.78. The fraction of sp³-hybridized carbons (Fsp3) is 0.231. The molecular formula is C13H14N4O2. The third kappa shape index (κ3) is 3.04. The van der Waals surface area contributed by atoms with E-state index < -0.39 is 0 Å². The molecule has 1 aromatic carbocycles. The summed E-state index contributed by atoms with van der Waals surface area (Å²) >= 11 is 0. The van der Waals surface area contributed by atoms with Gasteiger partial charge in [-0.3, -0.25) is 9.59 Å². The van der Waals surface area contributed by atoms with Crippen LogP contribution in [-0.4, -0.2) is 27.2 Å². The number of hydrogen-bond acceptors (Lipinski definition) is 4. The number of nitrogens with zero attached hydrogens (tertiary/aromatic N) is 3. The van der Waals surface area contributed by atoms with Crippen LogP contribution in [0.4, 0.5) is 5.69 Å². The number of aromatic nitrogens is 3. The van der Waals surface area contributed by atoms with Crippen LogP contribution in [0.2, 0.25) is 0 Å². The van der Waals surface area contributed by atoms with E-state index in [-0.39, 0.29) is 18.1 Å². The van der Waals surface area contributed by atoms with Crippen molar-refractivity contribution < 1.29 is 9.59 Å². The Morgan fingerprint density at radius 1 is 1.37 bits per heavy atom. The number of carbonyl (C=O) groups excluding carboxylic acids is 2. The van der Waals surface area contributed by atoms with Crippen LogP contribution >= 0.6 is 0 Å². The fourth-order valence-electron chi connectivity index (χ4n) is 1.78. The van der Waals surface area contributed by atoms with Gasteiger partial charge in [0.1, 0.15) is 12.2 Å². The van der Waals surface area contributed by atoms with Crippen molar-refractivity contribution in [3.63, 3.8) is 0 Å². The van der Waals surface area contributed by atoms with E-state index in [2.05, 4.69) is 15.6 Å². The molecule has 0 unspecified atom stereocenters.